The van der Waals surface area contributed by atoms with Crippen LogP contribution < -0.4 is 10.9 Å². The van der Waals surface area contributed by atoms with E-state index in [0.29, 0.717) is 5.76 Å². The van der Waals surface area contributed by atoms with E-state index in [1.54, 1.807) is 6.92 Å². The van der Waals surface area contributed by atoms with E-state index in [0.717, 1.165) is 37.3 Å². The summed E-state index contributed by atoms with van der Waals surface area (Å²) in [4.78, 5) is 25.3. The quantitative estimate of drug-likeness (QED) is 0.766. The predicted octanol–water partition coefficient (Wildman–Crippen LogP) is -0.315. The van der Waals surface area contributed by atoms with Crippen LogP contribution in [0.4, 0.5) is 0 Å². The molecule has 0 aromatic carbocycles. The van der Waals surface area contributed by atoms with Crippen molar-refractivity contribution in [1.82, 2.24) is 15.0 Å². The fraction of sp³-hybridized carbons (Fsp3) is 0.636. The third-order valence-corrected chi connectivity index (χ3v) is 2.78. The number of nitrogens with one attached hydrogen (secondary N) is 1. The number of nitrogens with zero attached hydrogens (tertiary/aromatic N) is 2. The first-order valence-corrected chi connectivity index (χ1v) is 5.83. The smallest absolute Gasteiger partial charge is 0.290 e. The Labute approximate surface area is 99.2 Å². The Balaban J connectivity index is 2.00. The van der Waals surface area contributed by atoms with E-state index in [1.165, 1.54) is 6.07 Å². The molecule has 6 heteroatoms. The number of hydrogen-bond acceptors (Lipinski definition) is 5. The second-order valence-electron chi connectivity index (χ2n) is 4.25. The number of aromatic nitrogens is 1. The number of carbonyl (C=O) groups is 1. The fourth-order valence-electron chi connectivity index (χ4n) is 1.94. The lowest BCUT2D eigenvalue weighted by Crippen LogP contribution is -2.37. The van der Waals surface area contributed by atoms with E-state index in [-0.39, 0.29) is 18.0 Å². The van der Waals surface area contributed by atoms with Crippen LogP contribution in [0.2, 0.25) is 0 Å². The van der Waals surface area contributed by atoms with Crippen LogP contribution in [0.5, 0.6) is 0 Å². The summed E-state index contributed by atoms with van der Waals surface area (Å²) in [6, 6.07) is 1.32. The van der Waals surface area contributed by atoms with Crippen molar-refractivity contribution < 1.29 is 9.32 Å². The zero-order valence-corrected chi connectivity index (χ0v) is 9.94. The Bertz CT molecular complexity index is 441. The van der Waals surface area contributed by atoms with Crippen molar-refractivity contribution in [3.05, 3.63) is 22.2 Å². The Hall–Kier alpha value is -1.40. The Morgan fingerprint density at radius 1 is 1.47 bits per heavy atom. The molecule has 2 rings (SSSR count). The molecular formula is C11H17N3O3. The molecule has 0 unspecified atom stereocenters. The third-order valence-electron chi connectivity index (χ3n) is 2.78. The van der Waals surface area contributed by atoms with Crippen molar-refractivity contribution in [2.75, 3.05) is 32.7 Å². The maximum Gasteiger partial charge on any atom is 0.290 e. The monoisotopic (exact) mass is 239 g/mol. The maximum atomic E-state index is 11.9. The first kappa shape index (κ1) is 12.1. The lowest BCUT2D eigenvalue weighted by atomic mass is 10.4. The molecule has 1 aliphatic heterocycles. The second kappa shape index (κ2) is 5.29. The largest absolute Gasteiger partial charge is 0.373 e. The summed E-state index contributed by atoms with van der Waals surface area (Å²) < 4.78 is 5.90. The van der Waals surface area contributed by atoms with E-state index < -0.39 is 0 Å². The van der Waals surface area contributed by atoms with Crippen molar-refractivity contribution in [3.8, 4) is 0 Å². The summed E-state index contributed by atoms with van der Waals surface area (Å²) >= 11 is 0. The normalized spacial score (nSPS) is 17.9. The molecule has 1 aliphatic rings. The summed E-state index contributed by atoms with van der Waals surface area (Å²) in [6.07, 6.45) is 1.01. The van der Waals surface area contributed by atoms with Gasteiger partial charge in [-0.15, -0.1) is 4.74 Å². The first-order chi connectivity index (χ1) is 8.16. The van der Waals surface area contributed by atoms with E-state index in [4.69, 9.17) is 4.52 Å². The highest BCUT2D eigenvalue weighted by molar-refractivity contribution is 5.79. The molecule has 2 heterocycles. The topological polar surface area (TPSA) is 67.5 Å². The Morgan fingerprint density at radius 2 is 2.29 bits per heavy atom. The minimum Gasteiger partial charge on any atom is -0.373 e. The molecule has 0 aliphatic carbocycles. The average molecular weight is 239 g/mol. The van der Waals surface area contributed by atoms with Crippen LogP contribution in [0.15, 0.2) is 15.4 Å². The fourth-order valence-corrected chi connectivity index (χ4v) is 1.94. The minimum atomic E-state index is -0.388. The lowest BCUT2D eigenvalue weighted by molar-refractivity contribution is 0.0719. The summed E-state index contributed by atoms with van der Waals surface area (Å²) in [5.41, 5.74) is -0.388. The highest BCUT2D eigenvalue weighted by Gasteiger charge is 2.17. The van der Waals surface area contributed by atoms with Gasteiger partial charge in [0.25, 0.3) is 11.5 Å². The standard InChI is InChI=1S/C11H17N3O3/c1-9-7-10(15)14(17-9)11(16)8-13-5-2-3-12-4-6-13/h7,12H,2-6,8H2,1H3. The van der Waals surface area contributed by atoms with Gasteiger partial charge in [0.2, 0.25) is 0 Å². The summed E-state index contributed by atoms with van der Waals surface area (Å²) in [7, 11) is 0. The molecule has 6 nitrogen and oxygen atoms in total. The van der Waals surface area contributed by atoms with Crippen LogP contribution in [-0.2, 0) is 0 Å². The van der Waals surface area contributed by atoms with Gasteiger partial charge in [-0.2, -0.15) is 0 Å². The highest BCUT2D eigenvalue weighted by Crippen LogP contribution is 1.98. The van der Waals surface area contributed by atoms with Gasteiger partial charge in [0.15, 0.2) is 0 Å². The van der Waals surface area contributed by atoms with Crippen LogP contribution in [0.3, 0.4) is 0 Å². The predicted molar refractivity (Wildman–Crippen MR) is 62.3 cm³/mol. The van der Waals surface area contributed by atoms with Gasteiger partial charge in [0.1, 0.15) is 5.76 Å². The Morgan fingerprint density at radius 3 is 3.00 bits per heavy atom. The molecule has 1 aromatic rings. The Kier molecular flexibility index (Phi) is 3.75. The number of rotatable bonds is 2. The molecule has 1 saturated heterocycles. The molecule has 0 bridgehead atoms. The number of hydrogen-bond donors (Lipinski definition) is 1. The first-order valence-electron chi connectivity index (χ1n) is 5.83. The summed E-state index contributed by atoms with van der Waals surface area (Å²) in [5.74, 6) is 0.158. The third kappa shape index (κ3) is 3.04. The molecular weight excluding hydrogens is 222 g/mol. The van der Waals surface area contributed by atoms with Gasteiger partial charge >= 0.3 is 0 Å². The van der Waals surface area contributed by atoms with Crippen LogP contribution in [0.1, 0.15) is 17.0 Å². The van der Waals surface area contributed by atoms with Crippen molar-refractivity contribution >= 4 is 5.91 Å². The van der Waals surface area contributed by atoms with Gasteiger partial charge in [0.05, 0.1) is 6.54 Å². The van der Waals surface area contributed by atoms with Crippen LogP contribution in [-0.4, -0.2) is 48.3 Å². The average Bonchev–Trinajstić information content (AvgIpc) is 2.51. The zero-order valence-electron chi connectivity index (χ0n) is 9.94. The van der Waals surface area contributed by atoms with Gasteiger partial charge < -0.3 is 9.84 Å². The summed E-state index contributed by atoms with van der Waals surface area (Å²) in [5, 5.41) is 3.26. The van der Waals surface area contributed by atoms with Crippen molar-refractivity contribution in [2.24, 2.45) is 0 Å². The molecule has 94 valence electrons. The molecule has 17 heavy (non-hydrogen) atoms. The van der Waals surface area contributed by atoms with Crippen molar-refractivity contribution in [2.45, 2.75) is 13.3 Å². The van der Waals surface area contributed by atoms with E-state index in [9.17, 15) is 9.59 Å². The van der Waals surface area contributed by atoms with Gasteiger partial charge in [-0.05, 0) is 26.4 Å². The molecule has 0 saturated carbocycles. The molecule has 0 spiro atoms. The van der Waals surface area contributed by atoms with Crippen molar-refractivity contribution in [1.29, 1.82) is 0 Å². The van der Waals surface area contributed by atoms with Crippen molar-refractivity contribution in [3.63, 3.8) is 0 Å². The summed E-state index contributed by atoms with van der Waals surface area (Å²) in [6.45, 7) is 5.42. The zero-order chi connectivity index (χ0) is 12.3. The number of carbonyl (C=O) groups excluding carboxylic acids is 1. The molecule has 0 atom stereocenters. The van der Waals surface area contributed by atoms with Gasteiger partial charge in [-0.1, -0.05) is 0 Å². The maximum absolute atomic E-state index is 11.9. The molecule has 0 radical (unpaired) electrons. The molecule has 1 fully saturated rings. The van der Waals surface area contributed by atoms with Gasteiger partial charge in [-0.25, -0.2) is 0 Å². The minimum absolute atomic E-state index is 0.231. The van der Waals surface area contributed by atoms with E-state index in [2.05, 4.69) is 5.32 Å². The van der Waals surface area contributed by atoms with Gasteiger partial charge in [-0.3, -0.25) is 14.5 Å². The second-order valence-corrected chi connectivity index (χ2v) is 4.25. The SMILES string of the molecule is Cc1cc(=O)n(C(=O)CN2CCCNCC2)o1. The van der Waals surface area contributed by atoms with E-state index in [1.807, 2.05) is 4.90 Å². The van der Waals surface area contributed by atoms with Crippen LogP contribution in [0.25, 0.3) is 0 Å². The van der Waals surface area contributed by atoms with E-state index >= 15 is 0 Å². The molecule has 1 aromatic heterocycles. The highest BCUT2D eigenvalue weighted by atomic mass is 16.5. The number of aryl methyl sites for hydroxylation is 1. The van der Waals surface area contributed by atoms with Crippen LogP contribution in [0, 0.1) is 6.92 Å². The van der Waals surface area contributed by atoms with Crippen LogP contribution >= 0.6 is 0 Å². The molecule has 1 N–H and O–H groups in total. The molecule has 0 amide bonds. The lowest BCUT2D eigenvalue weighted by Gasteiger charge is -2.17. The van der Waals surface area contributed by atoms with Gasteiger partial charge in [0, 0.05) is 19.2 Å².